The summed E-state index contributed by atoms with van der Waals surface area (Å²) in [5.41, 5.74) is 0.427. The summed E-state index contributed by atoms with van der Waals surface area (Å²) in [6.45, 7) is 0.216. The molecule has 1 rings (SSSR count). The molecule has 0 radical (unpaired) electrons. The van der Waals surface area contributed by atoms with Crippen molar-refractivity contribution in [3.8, 4) is 0 Å². The van der Waals surface area contributed by atoms with Crippen LogP contribution < -0.4 is 4.72 Å². The summed E-state index contributed by atoms with van der Waals surface area (Å²) in [7, 11) is -2.14. The minimum atomic E-state index is -3.59. The number of aliphatic hydroxyl groups is 1. The van der Waals surface area contributed by atoms with E-state index in [1.54, 1.807) is 6.07 Å². The van der Waals surface area contributed by atoms with E-state index < -0.39 is 10.2 Å². The van der Waals surface area contributed by atoms with Gasteiger partial charge in [-0.05, 0) is 28.4 Å². The normalized spacial score (nSPS) is 11.8. The molecule has 0 aliphatic heterocycles. The zero-order chi connectivity index (χ0) is 12.9. The minimum Gasteiger partial charge on any atom is -0.396 e. The molecule has 0 aliphatic carbocycles. The van der Waals surface area contributed by atoms with Gasteiger partial charge >= 0.3 is 10.2 Å². The molecule has 0 aromatic carbocycles. The Morgan fingerprint density at radius 2 is 2.29 bits per heavy atom. The molecular weight excluding hydrogens is 310 g/mol. The number of nitrogens with zero attached hydrogens (tertiary/aromatic N) is 2. The molecule has 1 aromatic rings. The Morgan fingerprint density at radius 3 is 2.88 bits per heavy atom. The minimum absolute atomic E-state index is 0.0428. The summed E-state index contributed by atoms with van der Waals surface area (Å²) in [5.74, 6) is 0. The molecule has 0 amide bonds. The lowest BCUT2D eigenvalue weighted by Gasteiger charge is -2.18. The van der Waals surface area contributed by atoms with Gasteiger partial charge in [-0.2, -0.15) is 12.7 Å². The van der Waals surface area contributed by atoms with Crippen LogP contribution in [-0.2, 0) is 10.2 Å². The molecule has 0 atom stereocenters. The molecule has 2 N–H and O–H groups in total. The quantitative estimate of drug-likeness (QED) is 0.811. The summed E-state index contributed by atoms with van der Waals surface area (Å²) in [6.07, 6.45) is 3.40. The fraction of sp³-hybridized carbons (Fsp3) is 0.444. The van der Waals surface area contributed by atoms with Crippen molar-refractivity contribution in [3.05, 3.63) is 22.9 Å². The Balaban J connectivity index is 2.76. The smallest absolute Gasteiger partial charge is 0.301 e. The van der Waals surface area contributed by atoms with Crippen molar-refractivity contribution in [1.29, 1.82) is 0 Å². The van der Waals surface area contributed by atoms with Crippen LogP contribution in [0, 0.1) is 0 Å². The number of anilines is 1. The number of nitrogens with one attached hydrogen (secondary N) is 1. The van der Waals surface area contributed by atoms with Crippen LogP contribution in [0.5, 0.6) is 0 Å². The van der Waals surface area contributed by atoms with Gasteiger partial charge in [-0.1, -0.05) is 0 Å². The Labute approximate surface area is 109 Å². The Kier molecular flexibility index (Phi) is 5.31. The third-order valence-corrected chi connectivity index (χ3v) is 4.17. The second-order valence-corrected chi connectivity index (χ2v) is 5.99. The zero-order valence-corrected chi connectivity index (χ0v) is 11.7. The lowest BCUT2D eigenvalue weighted by Crippen LogP contribution is -2.33. The highest BCUT2D eigenvalue weighted by molar-refractivity contribution is 9.10. The molecule has 0 spiro atoms. The van der Waals surface area contributed by atoms with Gasteiger partial charge in [0.15, 0.2) is 0 Å². The fourth-order valence-corrected chi connectivity index (χ4v) is 2.55. The van der Waals surface area contributed by atoms with Gasteiger partial charge in [0, 0.05) is 32.6 Å². The average molecular weight is 324 g/mol. The molecule has 0 unspecified atom stereocenters. The van der Waals surface area contributed by atoms with Gasteiger partial charge in [0.2, 0.25) is 0 Å². The monoisotopic (exact) mass is 323 g/mol. The molecule has 0 saturated carbocycles. The summed E-state index contributed by atoms with van der Waals surface area (Å²) in [4.78, 5) is 3.84. The lowest BCUT2D eigenvalue weighted by molar-refractivity contribution is 0.276. The molecule has 1 heterocycles. The van der Waals surface area contributed by atoms with Crippen LogP contribution in [0.2, 0.25) is 0 Å². The highest BCUT2D eigenvalue weighted by Crippen LogP contribution is 2.21. The first-order valence-electron chi connectivity index (χ1n) is 4.92. The number of aliphatic hydroxyl groups excluding tert-OH is 1. The number of rotatable bonds is 6. The topological polar surface area (TPSA) is 82.5 Å². The first kappa shape index (κ1) is 14.4. The average Bonchev–Trinajstić information content (AvgIpc) is 2.28. The summed E-state index contributed by atoms with van der Waals surface area (Å²) >= 11 is 3.20. The van der Waals surface area contributed by atoms with Gasteiger partial charge < -0.3 is 5.11 Å². The maximum atomic E-state index is 11.8. The molecule has 0 saturated heterocycles. The van der Waals surface area contributed by atoms with E-state index in [2.05, 4.69) is 25.6 Å². The van der Waals surface area contributed by atoms with Gasteiger partial charge in [0.25, 0.3) is 0 Å². The fourth-order valence-electron chi connectivity index (χ4n) is 1.09. The SMILES string of the molecule is CN(CCCO)S(=O)(=O)Nc1ccncc1Br. The van der Waals surface area contributed by atoms with Gasteiger partial charge in [0.05, 0.1) is 10.2 Å². The third kappa shape index (κ3) is 4.23. The molecule has 6 nitrogen and oxygen atoms in total. The molecule has 96 valence electrons. The predicted molar refractivity (Wildman–Crippen MR) is 68.8 cm³/mol. The van der Waals surface area contributed by atoms with Crippen LogP contribution in [0.15, 0.2) is 22.9 Å². The van der Waals surface area contributed by atoms with Crippen molar-refractivity contribution in [2.45, 2.75) is 6.42 Å². The highest BCUT2D eigenvalue weighted by atomic mass is 79.9. The van der Waals surface area contributed by atoms with E-state index in [9.17, 15) is 8.42 Å². The van der Waals surface area contributed by atoms with Crippen molar-refractivity contribution < 1.29 is 13.5 Å². The lowest BCUT2D eigenvalue weighted by atomic mass is 10.4. The van der Waals surface area contributed by atoms with Gasteiger partial charge in [-0.3, -0.25) is 9.71 Å². The zero-order valence-electron chi connectivity index (χ0n) is 9.30. The summed E-state index contributed by atoms with van der Waals surface area (Å²) < 4.78 is 27.8. The van der Waals surface area contributed by atoms with E-state index in [0.29, 0.717) is 16.6 Å². The van der Waals surface area contributed by atoms with Crippen molar-refractivity contribution in [2.24, 2.45) is 0 Å². The van der Waals surface area contributed by atoms with Crippen molar-refractivity contribution in [2.75, 3.05) is 24.9 Å². The van der Waals surface area contributed by atoms with E-state index in [1.807, 2.05) is 0 Å². The van der Waals surface area contributed by atoms with Crippen molar-refractivity contribution in [3.63, 3.8) is 0 Å². The Bertz CT molecular complexity index is 466. The molecule has 17 heavy (non-hydrogen) atoms. The van der Waals surface area contributed by atoms with Crippen LogP contribution in [0.3, 0.4) is 0 Å². The number of aromatic nitrogens is 1. The second kappa shape index (κ2) is 6.29. The summed E-state index contributed by atoms with van der Waals surface area (Å²) in [5, 5.41) is 8.66. The summed E-state index contributed by atoms with van der Waals surface area (Å²) in [6, 6.07) is 1.56. The van der Waals surface area contributed by atoms with E-state index in [-0.39, 0.29) is 13.2 Å². The maximum absolute atomic E-state index is 11.8. The van der Waals surface area contributed by atoms with Crippen molar-refractivity contribution in [1.82, 2.24) is 9.29 Å². The number of hydrogen-bond donors (Lipinski definition) is 2. The van der Waals surface area contributed by atoms with Gasteiger partial charge in [-0.25, -0.2) is 0 Å². The van der Waals surface area contributed by atoms with Crippen LogP contribution in [0.4, 0.5) is 5.69 Å². The molecule has 8 heteroatoms. The van der Waals surface area contributed by atoms with E-state index >= 15 is 0 Å². The molecule has 0 aliphatic rings. The number of halogens is 1. The second-order valence-electron chi connectivity index (χ2n) is 3.36. The first-order valence-corrected chi connectivity index (χ1v) is 7.15. The molecule has 0 fully saturated rings. The highest BCUT2D eigenvalue weighted by Gasteiger charge is 2.17. The largest absolute Gasteiger partial charge is 0.396 e. The number of hydrogen-bond acceptors (Lipinski definition) is 4. The molecule has 0 bridgehead atoms. The van der Waals surface area contributed by atoms with Crippen LogP contribution in [0.25, 0.3) is 0 Å². The number of pyridine rings is 1. The van der Waals surface area contributed by atoms with Crippen molar-refractivity contribution >= 4 is 31.8 Å². The molecule has 1 aromatic heterocycles. The van der Waals surface area contributed by atoms with Gasteiger partial charge in [0.1, 0.15) is 0 Å². The van der Waals surface area contributed by atoms with E-state index in [1.165, 1.54) is 19.4 Å². The van der Waals surface area contributed by atoms with Crippen LogP contribution >= 0.6 is 15.9 Å². The van der Waals surface area contributed by atoms with Crippen LogP contribution in [-0.4, -0.2) is 43.0 Å². The van der Waals surface area contributed by atoms with Gasteiger partial charge in [-0.15, -0.1) is 0 Å². The van der Waals surface area contributed by atoms with Crippen LogP contribution in [0.1, 0.15) is 6.42 Å². The Morgan fingerprint density at radius 1 is 1.59 bits per heavy atom. The van der Waals surface area contributed by atoms with E-state index in [0.717, 1.165) is 4.31 Å². The standard InChI is InChI=1S/C9H14BrN3O3S/c1-13(5-2-6-14)17(15,16)12-9-3-4-11-7-8(9)10/h3-4,7,14H,2,5-6H2,1H3,(H,11,12). The van der Waals surface area contributed by atoms with E-state index in [4.69, 9.17) is 5.11 Å². The third-order valence-electron chi connectivity index (χ3n) is 2.05. The first-order chi connectivity index (χ1) is 7.97. The maximum Gasteiger partial charge on any atom is 0.301 e. The Hall–Kier alpha value is -0.700. The predicted octanol–water partition coefficient (Wildman–Crippen LogP) is 0.815. The molecular formula is C9H14BrN3O3S.